The molecule has 0 bridgehead atoms. The van der Waals surface area contributed by atoms with E-state index < -0.39 is 15.9 Å². The van der Waals surface area contributed by atoms with E-state index >= 15 is 0 Å². The summed E-state index contributed by atoms with van der Waals surface area (Å²) in [6, 6.07) is 3.77. The highest BCUT2D eigenvalue weighted by atomic mass is 32.2. The van der Waals surface area contributed by atoms with Gasteiger partial charge in [-0.05, 0) is 49.0 Å². The number of hydrogen-bond donors (Lipinski definition) is 2. The summed E-state index contributed by atoms with van der Waals surface area (Å²) in [5.41, 5.74) is 0. The third kappa shape index (κ3) is 4.31. The van der Waals surface area contributed by atoms with Gasteiger partial charge in [-0.25, -0.2) is 8.42 Å². The van der Waals surface area contributed by atoms with E-state index in [0.717, 1.165) is 18.3 Å². The maximum atomic E-state index is 12.1. The molecule has 1 aromatic heterocycles. The van der Waals surface area contributed by atoms with Crippen LogP contribution in [0.1, 0.15) is 38.5 Å². The molecule has 0 spiro atoms. The van der Waals surface area contributed by atoms with Gasteiger partial charge in [-0.15, -0.1) is 11.3 Å². The average molecular weight is 344 g/mol. The Morgan fingerprint density at radius 2 is 2.09 bits per heavy atom. The largest absolute Gasteiger partial charge is 0.391 e. The fraction of sp³-hybridized carbons (Fsp3) is 0.750. The van der Waals surface area contributed by atoms with E-state index in [1.54, 1.807) is 17.5 Å². The Morgan fingerprint density at radius 3 is 2.77 bits per heavy atom. The summed E-state index contributed by atoms with van der Waals surface area (Å²) in [6.45, 7) is 0.368. The molecular formula is C16H25NO3S2. The Balaban J connectivity index is 1.45. The smallest absolute Gasteiger partial charge is 0.190 e. The number of rotatable bonds is 7. The number of aliphatic hydroxyl groups excluding tert-OH is 1. The standard InChI is InChI=1S/C16H25NO3S2/c18-15(11-22(19,20)16-5-2-8-21-16)10-17-14-4-1-3-13(9-14)12-6-7-12/h2,5,8,12-15,17-18H,1,3-4,6-7,9-11H2. The normalized spacial score (nSPS) is 27.7. The molecule has 2 aliphatic rings. The zero-order valence-electron chi connectivity index (χ0n) is 12.8. The van der Waals surface area contributed by atoms with Crippen molar-refractivity contribution < 1.29 is 13.5 Å². The van der Waals surface area contributed by atoms with Crippen molar-refractivity contribution in [2.45, 2.75) is 54.9 Å². The Bertz CT molecular complexity index is 566. The summed E-state index contributed by atoms with van der Waals surface area (Å²) in [5, 5.41) is 15.2. The van der Waals surface area contributed by atoms with Gasteiger partial charge < -0.3 is 10.4 Å². The van der Waals surface area contributed by atoms with Gasteiger partial charge in [0, 0.05) is 12.6 Å². The molecule has 4 nitrogen and oxygen atoms in total. The summed E-state index contributed by atoms with van der Waals surface area (Å²) >= 11 is 1.21. The van der Waals surface area contributed by atoms with E-state index in [2.05, 4.69) is 5.32 Å². The van der Waals surface area contributed by atoms with E-state index in [1.165, 1.54) is 43.4 Å². The minimum atomic E-state index is -3.35. The van der Waals surface area contributed by atoms with Crippen molar-refractivity contribution in [3.8, 4) is 0 Å². The highest BCUT2D eigenvalue weighted by Gasteiger charge is 2.34. The Hall–Kier alpha value is -0.430. The number of thiophene rings is 1. The highest BCUT2D eigenvalue weighted by Crippen LogP contribution is 2.43. The van der Waals surface area contributed by atoms with Crippen LogP contribution in [0, 0.1) is 11.8 Å². The van der Waals surface area contributed by atoms with Crippen LogP contribution >= 0.6 is 11.3 Å². The third-order valence-electron chi connectivity index (χ3n) is 4.86. The first-order valence-corrected chi connectivity index (χ1v) is 10.8. The quantitative estimate of drug-likeness (QED) is 0.798. The first-order chi connectivity index (χ1) is 10.5. The molecule has 0 aromatic carbocycles. The molecular weight excluding hydrogens is 318 g/mol. The van der Waals surface area contributed by atoms with E-state index in [4.69, 9.17) is 0 Å². The second-order valence-corrected chi connectivity index (χ2v) is 9.95. The van der Waals surface area contributed by atoms with Crippen molar-refractivity contribution in [3.05, 3.63) is 17.5 Å². The molecule has 0 amide bonds. The van der Waals surface area contributed by atoms with Crippen LogP contribution in [0.5, 0.6) is 0 Å². The van der Waals surface area contributed by atoms with Gasteiger partial charge in [-0.1, -0.05) is 18.9 Å². The van der Waals surface area contributed by atoms with Crippen LogP contribution < -0.4 is 5.32 Å². The molecule has 2 saturated carbocycles. The van der Waals surface area contributed by atoms with Crippen LogP contribution in [0.15, 0.2) is 21.7 Å². The molecule has 0 aliphatic heterocycles. The average Bonchev–Trinajstić information content (AvgIpc) is 3.18. The Kier molecular flexibility index (Phi) is 5.22. The minimum Gasteiger partial charge on any atom is -0.391 e. The second kappa shape index (κ2) is 6.99. The van der Waals surface area contributed by atoms with E-state index in [1.807, 2.05) is 0 Å². The lowest BCUT2D eigenvalue weighted by Gasteiger charge is -2.30. The molecule has 1 heterocycles. The van der Waals surface area contributed by atoms with E-state index in [-0.39, 0.29) is 5.75 Å². The first-order valence-electron chi connectivity index (χ1n) is 8.22. The summed E-state index contributed by atoms with van der Waals surface area (Å²) in [7, 11) is -3.35. The van der Waals surface area contributed by atoms with Crippen LogP contribution in [0.4, 0.5) is 0 Å². The summed E-state index contributed by atoms with van der Waals surface area (Å²) in [4.78, 5) is 0. The monoisotopic (exact) mass is 343 g/mol. The van der Waals surface area contributed by atoms with Crippen LogP contribution in [0.25, 0.3) is 0 Å². The highest BCUT2D eigenvalue weighted by molar-refractivity contribution is 7.93. The van der Waals surface area contributed by atoms with Gasteiger partial charge in [0.1, 0.15) is 4.21 Å². The lowest BCUT2D eigenvalue weighted by atomic mass is 9.82. The first kappa shape index (κ1) is 16.4. The lowest BCUT2D eigenvalue weighted by molar-refractivity contribution is 0.175. The van der Waals surface area contributed by atoms with Crippen molar-refractivity contribution in [1.82, 2.24) is 5.32 Å². The van der Waals surface area contributed by atoms with Gasteiger partial charge in [0.25, 0.3) is 0 Å². The van der Waals surface area contributed by atoms with Gasteiger partial charge in [-0.2, -0.15) is 0 Å². The molecule has 124 valence electrons. The maximum Gasteiger partial charge on any atom is 0.190 e. The third-order valence-corrected chi connectivity index (χ3v) is 8.14. The molecule has 6 heteroatoms. The molecule has 1 aromatic rings. The SMILES string of the molecule is O=S(=O)(CC(O)CNC1CCCC(C2CC2)C1)c1cccs1. The number of nitrogens with one attached hydrogen (secondary N) is 1. The van der Waals surface area contributed by atoms with Crippen molar-refractivity contribution in [1.29, 1.82) is 0 Å². The fourth-order valence-corrected chi connectivity index (χ4v) is 6.03. The number of hydrogen-bond acceptors (Lipinski definition) is 5. The molecule has 0 radical (unpaired) electrons. The molecule has 3 rings (SSSR count). The van der Waals surface area contributed by atoms with Gasteiger partial charge in [0.2, 0.25) is 0 Å². The maximum absolute atomic E-state index is 12.1. The van der Waals surface area contributed by atoms with Crippen molar-refractivity contribution in [2.75, 3.05) is 12.3 Å². The Morgan fingerprint density at radius 1 is 1.27 bits per heavy atom. The molecule has 2 aliphatic carbocycles. The summed E-state index contributed by atoms with van der Waals surface area (Å²) in [6.07, 6.45) is 6.87. The molecule has 22 heavy (non-hydrogen) atoms. The number of aliphatic hydroxyl groups is 1. The van der Waals surface area contributed by atoms with Gasteiger partial charge in [-0.3, -0.25) is 0 Å². The van der Waals surface area contributed by atoms with Crippen molar-refractivity contribution >= 4 is 21.2 Å². The lowest BCUT2D eigenvalue weighted by Crippen LogP contribution is -2.41. The topological polar surface area (TPSA) is 66.4 Å². The van der Waals surface area contributed by atoms with Gasteiger partial charge >= 0.3 is 0 Å². The van der Waals surface area contributed by atoms with Crippen molar-refractivity contribution in [2.24, 2.45) is 11.8 Å². The zero-order chi connectivity index (χ0) is 15.6. The molecule has 3 atom stereocenters. The van der Waals surface area contributed by atoms with E-state index in [9.17, 15) is 13.5 Å². The number of sulfone groups is 1. The molecule has 2 N–H and O–H groups in total. The predicted molar refractivity (Wildman–Crippen MR) is 88.9 cm³/mol. The fourth-order valence-electron chi connectivity index (χ4n) is 3.55. The zero-order valence-corrected chi connectivity index (χ0v) is 14.4. The van der Waals surface area contributed by atoms with Crippen LogP contribution in [0.3, 0.4) is 0 Å². The molecule has 3 unspecified atom stereocenters. The van der Waals surface area contributed by atoms with Crippen molar-refractivity contribution in [3.63, 3.8) is 0 Å². The van der Waals surface area contributed by atoms with Crippen LogP contribution in [-0.2, 0) is 9.84 Å². The summed E-state index contributed by atoms with van der Waals surface area (Å²) < 4.78 is 24.6. The summed E-state index contributed by atoms with van der Waals surface area (Å²) in [5.74, 6) is 1.59. The van der Waals surface area contributed by atoms with Crippen LogP contribution in [-0.4, -0.2) is 38.0 Å². The minimum absolute atomic E-state index is 0.195. The second-order valence-electron chi connectivity index (χ2n) is 6.74. The van der Waals surface area contributed by atoms with Gasteiger partial charge in [0.05, 0.1) is 11.9 Å². The molecule has 0 saturated heterocycles. The van der Waals surface area contributed by atoms with Gasteiger partial charge in [0.15, 0.2) is 9.84 Å². The molecule has 2 fully saturated rings. The predicted octanol–water partition coefficient (Wildman–Crippen LogP) is 2.44. The Labute approximate surface area is 136 Å². The van der Waals surface area contributed by atoms with E-state index in [0.29, 0.717) is 16.8 Å². The van der Waals surface area contributed by atoms with Crippen LogP contribution in [0.2, 0.25) is 0 Å².